The number of ether oxygens (including phenoxy) is 2. The molecule has 5 heterocycles. The molecule has 1 amide bonds. The number of amides is 1. The number of carbonyl (C=O) groups excluding carboxylic acids is 2. The van der Waals surface area contributed by atoms with Gasteiger partial charge in [-0.05, 0) is 44.8 Å². The molecule has 1 saturated heterocycles. The maximum Gasteiger partial charge on any atom is 0.415 e. The van der Waals surface area contributed by atoms with Crippen LogP contribution in [0.3, 0.4) is 0 Å². The molecule has 0 radical (unpaired) electrons. The van der Waals surface area contributed by atoms with E-state index in [1.165, 1.54) is 0 Å². The summed E-state index contributed by atoms with van der Waals surface area (Å²) in [6.45, 7) is 4.96. The zero-order valence-corrected chi connectivity index (χ0v) is 22.2. The third-order valence-electron chi connectivity index (χ3n) is 7.81. The summed E-state index contributed by atoms with van der Waals surface area (Å²) in [5.74, 6) is -0.268. The third kappa shape index (κ3) is 4.08. The van der Waals surface area contributed by atoms with Gasteiger partial charge < -0.3 is 34.3 Å². The second kappa shape index (κ2) is 9.44. The first kappa shape index (κ1) is 25.5. The second-order valence-corrected chi connectivity index (χ2v) is 10.6. The van der Waals surface area contributed by atoms with Crippen molar-refractivity contribution in [2.45, 2.75) is 38.6 Å². The molecule has 1 aromatic carbocycles. The summed E-state index contributed by atoms with van der Waals surface area (Å²) in [4.78, 5) is 47.4. The number of cyclic esters (lactones) is 1. The average Bonchev–Trinajstić information content (AvgIpc) is 3.29. The number of pyridine rings is 2. The van der Waals surface area contributed by atoms with Crippen molar-refractivity contribution in [3.63, 3.8) is 0 Å². The molecule has 0 spiro atoms. The van der Waals surface area contributed by atoms with Crippen LogP contribution in [0.15, 0.2) is 29.1 Å². The number of carbonyl (C=O) groups is 2. The van der Waals surface area contributed by atoms with Gasteiger partial charge in [-0.25, -0.2) is 14.6 Å². The van der Waals surface area contributed by atoms with Crippen molar-refractivity contribution in [3.8, 4) is 17.1 Å². The Morgan fingerprint density at radius 3 is 2.72 bits per heavy atom. The molecule has 39 heavy (non-hydrogen) atoms. The largest absolute Gasteiger partial charge is 0.458 e. The molecule has 3 aliphatic heterocycles. The number of aromatic nitrogens is 2. The van der Waals surface area contributed by atoms with E-state index in [0.29, 0.717) is 48.8 Å². The Bertz CT molecular complexity index is 1580. The van der Waals surface area contributed by atoms with Crippen LogP contribution in [0.5, 0.6) is 5.75 Å². The van der Waals surface area contributed by atoms with Crippen LogP contribution in [0.25, 0.3) is 22.3 Å². The second-order valence-electron chi connectivity index (χ2n) is 10.6. The molecule has 2 N–H and O–H groups in total. The number of hydrogen-bond acceptors (Lipinski definition) is 9. The zero-order valence-electron chi connectivity index (χ0n) is 22.2. The maximum atomic E-state index is 13.5. The summed E-state index contributed by atoms with van der Waals surface area (Å²) < 4.78 is 12.7. The van der Waals surface area contributed by atoms with Crippen LogP contribution < -0.4 is 15.6 Å². The fraction of sp³-hybridized carbons (Fsp3) is 0.429. The lowest BCUT2D eigenvalue weighted by Gasteiger charge is -2.31. The summed E-state index contributed by atoms with van der Waals surface area (Å²) in [6, 6.07) is 7.28. The SMILES string of the molecule is CC[C@@]1(O)C(=O)OCc2c1cc1n(c2=O)Cc2cc3c(CN(C)C)c(OC(=O)N4CCNCC4)ccc3nc2-1. The van der Waals surface area contributed by atoms with E-state index in [1.807, 2.05) is 31.1 Å². The van der Waals surface area contributed by atoms with Crippen LogP contribution in [-0.4, -0.2) is 76.8 Å². The van der Waals surface area contributed by atoms with E-state index in [9.17, 15) is 19.5 Å². The first-order valence-electron chi connectivity index (χ1n) is 13.2. The molecule has 204 valence electrons. The van der Waals surface area contributed by atoms with Crippen molar-refractivity contribution in [2.24, 2.45) is 0 Å². The minimum absolute atomic E-state index is 0.0864. The minimum Gasteiger partial charge on any atom is -0.458 e. The molecule has 0 aliphatic carbocycles. The molecule has 1 fully saturated rings. The van der Waals surface area contributed by atoms with E-state index in [-0.39, 0.29) is 35.8 Å². The van der Waals surface area contributed by atoms with Gasteiger partial charge in [0, 0.05) is 54.8 Å². The van der Waals surface area contributed by atoms with Crippen LogP contribution in [0, 0.1) is 0 Å². The Morgan fingerprint density at radius 2 is 2.00 bits per heavy atom. The summed E-state index contributed by atoms with van der Waals surface area (Å²) in [6.07, 6.45) is -0.294. The Hall–Kier alpha value is -3.80. The monoisotopic (exact) mass is 533 g/mol. The molecule has 2 aromatic heterocycles. The maximum absolute atomic E-state index is 13.5. The van der Waals surface area contributed by atoms with E-state index in [4.69, 9.17) is 14.5 Å². The molecular weight excluding hydrogens is 502 g/mol. The number of hydrogen-bond donors (Lipinski definition) is 2. The molecule has 1 atom stereocenters. The van der Waals surface area contributed by atoms with Gasteiger partial charge in [0.05, 0.1) is 29.0 Å². The molecule has 3 aromatic rings. The van der Waals surface area contributed by atoms with Gasteiger partial charge in [-0.2, -0.15) is 0 Å². The van der Waals surface area contributed by atoms with Crippen LogP contribution in [0.1, 0.15) is 35.6 Å². The first-order valence-corrected chi connectivity index (χ1v) is 13.2. The lowest BCUT2D eigenvalue weighted by molar-refractivity contribution is -0.172. The van der Waals surface area contributed by atoms with Gasteiger partial charge in [-0.15, -0.1) is 0 Å². The van der Waals surface area contributed by atoms with Crippen LogP contribution in [0.4, 0.5) is 4.79 Å². The summed E-state index contributed by atoms with van der Waals surface area (Å²) in [7, 11) is 3.89. The fourth-order valence-electron chi connectivity index (χ4n) is 5.67. The Kier molecular flexibility index (Phi) is 6.17. The fourth-order valence-corrected chi connectivity index (χ4v) is 5.67. The predicted molar refractivity (Wildman–Crippen MR) is 142 cm³/mol. The lowest BCUT2D eigenvalue weighted by atomic mass is 9.86. The molecule has 6 rings (SSSR count). The number of benzene rings is 1. The summed E-state index contributed by atoms with van der Waals surface area (Å²) in [5, 5.41) is 15.2. The molecule has 0 bridgehead atoms. The quantitative estimate of drug-likeness (QED) is 0.376. The zero-order chi connectivity index (χ0) is 27.5. The molecule has 11 heteroatoms. The third-order valence-corrected chi connectivity index (χ3v) is 7.81. The Labute approximate surface area is 224 Å². The molecular formula is C28H31N5O6. The summed E-state index contributed by atoms with van der Waals surface area (Å²) >= 11 is 0. The molecule has 3 aliphatic rings. The Morgan fingerprint density at radius 1 is 1.23 bits per heavy atom. The van der Waals surface area contributed by atoms with Gasteiger partial charge in [0.2, 0.25) is 0 Å². The first-order chi connectivity index (χ1) is 18.7. The highest BCUT2D eigenvalue weighted by atomic mass is 16.6. The normalized spacial score (nSPS) is 20.0. The number of aliphatic hydroxyl groups is 1. The highest BCUT2D eigenvalue weighted by molar-refractivity contribution is 5.90. The van der Waals surface area contributed by atoms with E-state index < -0.39 is 11.6 Å². The molecule has 0 saturated carbocycles. The Balaban J connectivity index is 1.45. The van der Waals surface area contributed by atoms with Crippen molar-refractivity contribution >= 4 is 23.0 Å². The lowest BCUT2D eigenvalue weighted by Crippen LogP contribution is -2.47. The van der Waals surface area contributed by atoms with Gasteiger partial charge >= 0.3 is 12.1 Å². The standard InChI is InChI=1S/C28H31N5O6/c1-4-28(37)20-12-22-24-16(13-33(22)25(34)19(20)15-38-26(28)35)11-17-18(14-31(2)3)23(6-5-21(17)30-24)39-27(36)32-9-7-29-8-10-32/h5-6,11-12,29,37H,4,7-10,13-15H2,1-3H3/t28-/m0/s1. The topological polar surface area (TPSA) is 126 Å². The van der Waals surface area contributed by atoms with Crippen molar-refractivity contribution in [3.05, 3.63) is 56.9 Å². The smallest absolute Gasteiger partial charge is 0.415 e. The number of nitrogens with zero attached hydrogens (tertiary/aromatic N) is 4. The van der Waals surface area contributed by atoms with Crippen LogP contribution in [-0.2, 0) is 34.8 Å². The number of esters is 1. The van der Waals surface area contributed by atoms with E-state index in [0.717, 1.165) is 29.6 Å². The highest BCUT2D eigenvalue weighted by Crippen LogP contribution is 2.40. The predicted octanol–water partition coefficient (Wildman–Crippen LogP) is 1.55. The average molecular weight is 534 g/mol. The van der Waals surface area contributed by atoms with Crippen LogP contribution in [0.2, 0.25) is 0 Å². The van der Waals surface area contributed by atoms with E-state index in [2.05, 4.69) is 5.32 Å². The van der Waals surface area contributed by atoms with Crippen molar-refractivity contribution in [1.29, 1.82) is 0 Å². The molecule has 0 unspecified atom stereocenters. The van der Waals surface area contributed by atoms with Crippen molar-refractivity contribution in [2.75, 3.05) is 40.3 Å². The highest BCUT2D eigenvalue weighted by Gasteiger charge is 2.45. The van der Waals surface area contributed by atoms with Gasteiger partial charge in [0.15, 0.2) is 5.60 Å². The summed E-state index contributed by atoms with van der Waals surface area (Å²) in [5.41, 5.74) is 1.94. The van der Waals surface area contributed by atoms with E-state index in [1.54, 1.807) is 28.5 Å². The number of piperazine rings is 1. The van der Waals surface area contributed by atoms with Gasteiger partial charge in [-0.1, -0.05) is 6.92 Å². The van der Waals surface area contributed by atoms with E-state index >= 15 is 0 Å². The van der Waals surface area contributed by atoms with Gasteiger partial charge in [0.25, 0.3) is 5.56 Å². The number of rotatable bonds is 4. The number of fused-ring (bicyclic) bond motifs is 5. The van der Waals surface area contributed by atoms with Crippen molar-refractivity contribution in [1.82, 2.24) is 24.7 Å². The van der Waals surface area contributed by atoms with Gasteiger partial charge in [-0.3, -0.25) is 4.79 Å². The number of nitrogens with one attached hydrogen (secondary N) is 1. The van der Waals surface area contributed by atoms with Crippen molar-refractivity contribution < 1.29 is 24.2 Å². The van der Waals surface area contributed by atoms with Gasteiger partial charge in [0.1, 0.15) is 12.4 Å². The molecule has 11 nitrogen and oxygen atoms in total. The minimum atomic E-state index is -1.87. The van der Waals surface area contributed by atoms with Crippen LogP contribution >= 0.6 is 0 Å².